The summed E-state index contributed by atoms with van der Waals surface area (Å²) in [6.07, 6.45) is 8.91. The summed E-state index contributed by atoms with van der Waals surface area (Å²) in [6.45, 7) is 1.01. The summed E-state index contributed by atoms with van der Waals surface area (Å²) >= 11 is 1.30. The molecule has 0 aliphatic carbocycles. The monoisotopic (exact) mass is 453 g/mol. The first-order valence-electron chi connectivity index (χ1n) is 10.2. The molecule has 7 nitrogen and oxygen atoms in total. The van der Waals surface area contributed by atoms with Crippen molar-refractivity contribution in [2.24, 2.45) is 0 Å². The molecule has 1 saturated heterocycles. The fraction of sp³-hybridized carbons (Fsp3) is 0.273. The number of aromatic amines is 1. The van der Waals surface area contributed by atoms with Crippen molar-refractivity contribution in [2.45, 2.75) is 23.1 Å². The molecule has 1 aliphatic rings. The van der Waals surface area contributed by atoms with Gasteiger partial charge in [-0.15, -0.1) is 11.3 Å². The maximum Gasteiger partial charge on any atom is 0.252 e. The maximum atomic E-state index is 13.4. The van der Waals surface area contributed by atoms with Crippen molar-refractivity contribution in [1.82, 2.24) is 19.3 Å². The lowest BCUT2D eigenvalue weighted by Crippen LogP contribution is -2.48. The molecule has 4 aromatic rings. The molecule has 1 atom stereocenters. The smallest absolute Gasteiger partial charge is 0.252 e. The fourth-order valence-corrected chi connectivity index (χ4v) is 7.12. The first-order chi connectivity index (χ1) is 15.0. The molecule has 0 aromatic carbocycles. The zero-order chi connectivity index (χ0) is 21.4. The predicted molar refractivity (Wildman–Crippen MR) is 124 cm³/mol. The van der Waals surface area contributed by atoms with Crippen LogP contribution in [0.1, 0.15) is 12.8 Å². The van der Waals surface area contributed by atoms with E-state index in [-0.39, 0.29) is 6.04 Å². The number of aromatic nitrogens is 3. The second-order valence-electron chi connectivity index (χ2n) is 7.70. The fourth-order valence-electron chi connectivity index (χ4n) is 4.16. The minimum absolute atomic E-state index is 0.0989. The van der Waals surface area contributed by atoms with Gasteiger partial charge in [0, 0.05) is 72.5 Å². The van der Waals surface area contributed by atoms with Gasteiger partial charge in [0.2, 0.25) is 0 Å². The van der Waals surface area contributed by atoms with E-state index in [0.717, 1.165) is 40.0 Å². The van der Waals surface area contributed by atoms with Gasteiger partial charge in [0.1, 0.15) is 9.86 Å². The number of sulfonamides is 1. The summed E-state index contributed by atoms with van der Waals surface area (Å²) in [5.74, 6) is 0. The molecule has 0 bridgehead atoms. The van der Waals surface area contributed by atoms with Crippen molar-refractivity contribution in [3.8, 4) is 10.4 Å². The van der Waals surface area contributed by atoms with Gasteiger partial charge in [0.05, 0.1) is 0 Å². The Morgan fingerprint density at radius 1 is 1.19 bits per heavy atom. The lowest BCUT2D eigenvalue weighted by molar-refractivity contribution is 0.311. The van der Waals surface area contributed by atoms with E-state index in [1.54, 1.807) is 29.0 Å². The van der Waals surface area contributed by atoms with Crippen molar-refractivity contribution >= 4 is 38.1 Å². The van der Waals surface area contributed by atoms with Crippen molar-refractivity contribution < 1.29 is 8.42 Å². The number of likely N-dealkylation sites (N-methyl/N-ethyl adjacent to an activating group) is 1. The molecule has 1 aliphatic heterocycles. The number of H-pyrrole nitrogens is 1. The van der Waals surface area contributed by atoms with Crippen LogP contribution in [0.25, 0.3) is 21.5 Å². The molecule has 0 amide bonds. The molecule has 1 N–H and O–H groups in total. The number of anilines is 1. The Hall–Kier alpha value is -2.75. The van der Waals surface area contributed by atoms with Crippen LogP contribution < -0.4 is 4.90 Å². The third-order valence-electron chi connectivity index (χ3n) is 5.85. The van der Waals surface area contributed by atoms with E-state index in [0.29, 0.717) is 17.3 Å². The average Bonchev–Trinajstić information content (AvgIpc) is 3.49. The number of nitrogens with zero attached hydrogens (tertiary/aromatic N) is 4. The van der Waals surface area contributed by atoms with E-state index < -0.39 is 10.0 Å². The Labute approximate surface area is 185 Å². The van der Waals surface area contributed by atoms with E-state index >= 15 is 0 Å². The minimum atomic E-state index is -3.54. The summed E-state index contributed by atoms with van der Waals surface area (Å²) in [7, 11) is -1.51. The van der Waals surface area contributed by atoms with Crippen molar-refractivity contribution in [1.29, 1.82) is 0 Å². The Morgan fingerprint density at radius 2 is 2.10 bits per heavy atom. The molecule has 1 fully saturated rings. The van der Waals surface area contributed by atoms with E-state index in [2.05, 4.69) is 19.9 Å². The largest absolute Gasteiger partial charge is 0.370 e. The van der Waals surface area contributed by atoms with Crippen LogP contribution >= 0.6 is 11.3 Å². The highest BCUT2D eigenvalue weighted by Gasteiger charge is 2.33. The van der Waals surface area contributed by atoms with Crippen LogP contribution in [-0.2, 0) is 10.0 Å². The average molecular weight is 454 g/mol. The predicted octanol–water partition coefficient (Wildman–Crippen LogP) is 3.98. The normalized spacial score (nSPS) is 17.8. The first-order valence-corrected chi connectivity index (χ1v) is 12.4. The van der Waals surface area contributed by atoms with E-state index in [1.807, 2.05) is 43.6 Å². The summed E-state index contributed by atoms with van der Waals surface area (Å²) in [4.78, 5) is 14.7. The van der Waals surface area contributed by atoms with E-state index in [4.69, 9.17) is 0 Å². The lowest BCUT2D eigenvalue weighted by Gasteiger charge is -2.38. The lowest BCUT2D eigenvalue weighted by atomic mass is 10.1. The van der Waals surface area contributed by atoms with Crippen LogP contribution in [0, 0.1) is 0 Å². The van der Waals surface area contributed by atoms with Gasteiger partial charge in [-0.1, -0.05) is 6.07 Å². The first kappa shape index (κ1) is 20.2. The van der Waals surface area contributed by atoms with Gasteiger partial charge in [-0.2, -0.15) is 4.31 Å². The molecular weight excluding hydrogens is 430 g/mol. The number of fused-ring (bicyclic) bond motifs is 1. The molecule has 0 spiro atoms. The number of rotatable bonds is 5. The molecule has 4 aromatic heterocycles. The number of nitrogens with one attached hydrogen (secondary N) is 1. The second kappa shape index (κ2) is 8.07. The summed E-state index contributed by atoms with van der Waals surface area (Å²) < 4.78 is 28.8. The standard InChI is InChI=1S/C22H23N5O2S2/c1-26(19-9-12-25-22-18(19)8-11-24-22)17-5-3-13-27(15-17)31(28,29)21-7-6-20(30-21)16-4-2-10-23-14-16/h2,4,6-12,14,17H,3,5,13,15H2,1H3,(H,24,25). The van der Waals surface area contributed by atoms with Gasteiger partial charge >= 0.3 is 0 Å². The number of piperidine rings is 1. The van der Waals surface area contributed by atoms with Crippen LogP contribution in [0.4, 0.5) is 5.69 Å². The van der Waals surface area contributed by atoms with Gasteiger partial charge in [-0.3, -0.25) is 4.98 Å². The summed E-state index contributed by atoms with van der Waals surface area (Å²) in [5, 5.41) is 1.05. The molecule has 1 unspecified atom stereocenters. The second-order valence-corrected chi connectivity index (χ2v) is 10.9. The number of thiophene rings is 1. The Kier molecular flexibility index (Phi) is 5.25. The summed E-state index contributed by atoms with van der Waals surface area (Å²) in [5.41, 5.74) is 2.83. The topological polar surface area (TPSA) is 82.2 Å². The molecule has 31 heavy (non-hydrogen) atoms. The third kappa shape index (κ3) is 3.73. The molecule has 160 valence electrons. The number of pyridine rings is 2. The third-order valence-corrected chi connectivity index (χ3v) is 9.31. The zero-order valence-electron chi connectivity index (χ0n) is 17.1. The van der Waals surface area contributed by atoms with Crippen LogP contribution in [0.5, 0.6) is 0 Å². The Morgan fingerprint density at radius 3 is 2.94 bits per heavy atom. The summed E-state index contributed by atoms with van der Waals surface area (Å²) in [6, 6.07) is 11.5. The molecule has 0 saturated carbocycles. The molecular formula is C22H23N5O2S2. The Balaban J connectivity index is 1.38. The number of hydrogen-bond acceptors (Lipinski definition) is 6. The Bertz CT molecular complexity index is 1300. The van der Waals surface area contributed by atoms with Crippen molar-refractivity contribution in [2.75, 3.05) is 25.0 Å². The van der Waals surface area contributed by atoms with Gasteiger partial charge in [-0.05, 0) is 43.2 Å². The van der Waals surface area contributed by atoms with E-state index in [1.165, 1.54) is 11.3 Å². The minimum Gasteiger partial charge on any atom is -0.370 e. The van der Waals surface area contributed by atoms with Crippen LogP contribution in [0.15, 0.2) is 65.4 Å². The van der Waals surface area contributed by atoms with Crippen LogP contribution in [0.2, 0.25) is 0 Å². The highest BCUT2D eigenvalue weighted by molar-refractivity contribution is 7.91. The van der Waals surface area contributed by atoms with Gasteiger partial charge in [0.15, 0.2) is 0 Å². The molecule has 0 radical (unpaired) electrons. The van der Waals surface area contributed by atoms with Crippen molar-refractivity contribution in [3.05, 3.63) is 61.2 Å². The SMILES string of the molecule is CN(c1ccnc2[nH]ccc12)C1CCCN(S(=O)(=O)c2ccc(-c3cccnc3)s2)C1. The van der Waals surface area contributed by atoms with Gasteiger partial charge < -0.3 is 9.88 Å². The highest BCUT2D eigenvalue weighted by atomic mass is 32.2. The zero-order valence-corrected chi connectivity index (χ0v) is 18.7. The maximum absolute atomic E-state index is 13.4. The molecule has 5 heterocycles. The number of hydrogen-bond donors (Lipinski definition) is 1. The van der Waals surface area contributed by atoms with E-state index in [9.17, 15) is 8.42 Å². The van der Waals surface area contributed by atoms with Crippen LogP contribution in [-0.4, -0.2) is 53.9 Å². The molecule has 5 rings (SSSR count). The van der Waals surface area contributed by atoms with Crippen molar-refractivity contribution in [3.63, 3.8) is 0 Å². The quantitative estimate of drug-likeness (QED) is 0.494. The van der Waals surface area contributed by atoms with Crippen LogP contribution in [0.3, 0.4) is 0 Å². The molecule has 9 heteroatoms. The van der Waals surface area contributed by atoms with Gasteiger partial charge in [0.25, 0.3) is 10.0 Å². The van der Waals surface area contributed by atoms with Gasteiger partial charge in [-0.25, -0.2) is 13.4 Å². The highest BCUT2D eigenvalue weighted by Crippen LogP contribution is 2.34.